The van der Waals surface area contributed by atoms with E-state index in [-0.39, 0.29) is 5.92 Å². The smallest absolute Gasteiger partial charge is 0.311 e. The fourth-order valence-corrected chi connectivity index (χ4v) is 2.95. The number of fused-ring (bicyclic) bond motifs is 1. The highest BCUT2D eigenvalue weighted by molar-refractivity contribution is 7.10. The molecule has 1 N–H and O–H groups in total. The summed E-state index contributed by atoms with van der Waals surface area (Å²) in [5.74, 6) is -0.901. The molecule has 1 aromatic heterocycles. The third-order valence-electron chi connectivity index (χ3n) is 2.41. The van der Waals surface area contributed by atoms with Gasteiger partial charge >= 0.3 is 5.97 Å². The highest BCUT2D eigenvalue weighted by atomic mass is 32.1. The standard InChI is InChI=1S/C9H10O2S/c1-5-4-12-7-3-2-6(8(5)7)9(10)11/h4,6H,2-3H2,1H3,(H,10,11). The lowest BCUT2D eigenvalue weighted by atomic mass is 10.0. The molecular weight excluding hydrogens is 172 g/mol. The minimum Gasteiger partial charge on any atom is -0.481 e. The average molecular weight is 182 g/mol. The molecule has 12 heavy (non-hydrogen) atoms. The van der Waals surface area contributed by atoms with Crippen molar-refractivity contribution in [2.75, 3.05) is 0 Å². The summed E-state index contributed by atoms with van der Waals surface area (Å²) in [4.78, 5) is 12.1. The van der Waals surface area contributed by atoms with Crippen LogP contribution < -0.4 is 0 Å². The monoisotopic (exact) mass is 182 g/mol. The fourth-order valence-electron chi connectivity index (χ4n) is 1.84. The van der Waals surface area contributed by atoms with Crippen LogP contribution in [0.3, 0.4) is 0 Å². The van der Waals surface area contributed by atoms with Gasteiger partial charge < -0.3 is 5.11 Å². The van der Waals surface area contributed by atoms with Gasteiger partial charge in [0.1, 0.15) is 0 Å². The van der Waals surface area contributed by atoms with Gasteiger partial charge in [-0.05, 0) is 36.3 Å². The molecule has 2 nitrogen and oxygen atoms in total. The Morgan fingerprint density at radius 1 is 1.75 bits per heavy atom. The zero-order chi connectivity index (χ0) is 8.72. The van der Waals surface area contributed by atoms with E-state index in [0.717, 1.165) is 24.0 Å². The summed E-state index contributed by atoms with van der Waals surface area (Å²) in [5.41, 5.74) is 2.24. The van der Waals surface area contributed by atoms with Crippen LogP contribution >= 0.6 is 11.3 Å². The summed E-state index contributed by atoms with van der Waals surface area (Å²) in [5, 5.41) is 11.0. The first-order valence-electron chi connectivity index (χ1n) is 4.00. The molecule has 0 fully saturated rings. The zero-order valence-corrected chi connectivity index (χ0v) is 7.65. The first kappa shape index (κ1) is 7.80. The maximum atomic E-state index is 10.8. The predicted octanol–water partition coefficient (Wildman–Crippen LogP) is 2.17. The van der Waals surface area contributed by atoms with E-state index in [1.54, 1.807) is 11.3 Å². The fraction of sp³-hybridized carbons (Fsp3) is 0.444. The van der Waals surface area contributed by atoms with Gasteiger partial charge in [0.15, 0.2) is 0 Å². The van der Waals surface area contributed by atoms with E-state index >= 15 is 0 Å². The quantitative estimate of drug-likeness (QED) is 0.722. The van der Waals surface area contributed by atoms with Crippen molar-refractivity contribution >= 4 is 17.3 Å². The zero-order valence-electron chi connectivity index (χ0n) is 6.83. The summed E-state index contributed by atoms with van der Waals surface area (Å²) in [6.07, 6.45) is 1.74. The molecule has 1 aromatic rings. The summed E-state index contributed by atoms with van der Waals surface area (Å²) in [7, 11) is 0. The average Bonchev–Trinajstić information content (AvgIpc) is 2.53. The van der Waals surface area contributed by atoms with E-state index in [9.17, 15) is 4.79 Å². The van der Waals surface area contributed by atoms with Crippen molar-refractivity contribution < 1.29 is 9.90 Å². The van der Waals surface area contributed by atoms with Crippen LogP contribution in [-0.2, 0) is 11.2 Å². The molecule has 0 saturated carbocycles. The van der Waals surface area contributed by atoms with Crippen molar-refractivity contribution in [1.82, 2.24) is 0 Å². The highest BCUT2D eigenvalue weighted by Gasteiger charge is 2.30. The molecule has 2 rings (SSSR count). The summed E-state index contributed by atoms with van der Waals surface area (Å²) >= 11 is 1.70. The number of aryl methyl sites for hydroxylation is 2. The summed E-state index contributed by atoms with van der Waals surface area (Å²) in [6, 6.07) is 0. The second-order valence-corrected chi connectivity index (χ2v) is 4.15. The van der Waals surface area contributed by atoms with Gasteiger partial charge in [-0.2, -0.15) is 0 Å². The molecule has 0 spiro atoms. The highest BCUT2D eigenvalue weighted by Crippen LogP contribution is 2.39. The van der Waals surface area contributed by atoms with E-state index in [0.29, 0.717) is 0 Å². The number of hydrogen-bond donors (Lipinski definition) is 1. The number of carboxylic acid groups (broad SMARTS) is 1. The number of hydrogen-bond acceptors (Lipinski definition) is 2. The van der Waals surface area contributed by atoms with Crippen LogP contribution in [0.15, 0.2) is 5.38 Å². The predicted molar refractivity (Wildman–Crippen MR) is 47.8 cm³/mol. The molecule has 0 bridgehead atoms. The molecule has 0 aromatic carbocycles. The lowest BCUT2D eigenvalue weighted by molar-refractivity contribution is -0.138. The van der Waals surface area contributed by atoms with Gasteiger partial charge in [0.2, 0.25) is 0 Å². The Balaban J connectivity index is 2.46. The molecule has 1 unspecified atom stereocenters. The minimum absolute atomic E-state index is 0.230. The maximum Gasteiger partial charge on any atom is 0.311 e. The molecule has 64 valence electrons. The van der Waals surface area contributed by atoms with Crippen molar-refractivity contribution in [2.45, 2.75) is 25.7 Å². The van der Waals surface area contributed by atoms with Gasteiger partial charge in [-0.25, -0.2) is 0 Å². The molecule has 0 radical (unpaired) electrons. The van der Waals surface area contributed by atoms with Crippen LogP contribution in [0.1, 0.15) is 28.3 Å². The van der Waals surface area contributed by atoms with E-state index in [1.807, 2.05) is 6.92 Å². The number of carbonyl (C=O) groups is 1. The molecule has 1 aliphatic carbocycles. The third-order valence-corrected chi connectivity index (χ3v) is 3.59. The Bertz CT molecular complexity index is 327. The third kappa shape index (κ3) is 0.966. The molecular formula is C9H10O2S. The Kier molecular flexibility index (Phi) is 1.68. The molecule has 1 aliphatic rings. The Hall–Kier alpha value is -0.830. The van der Waals surface area contributed by atoms with Gasteiger partial charge in [0, 0.05) is 4.88 Å². The largest absolute Gasteiger partial charge is 0.481 e. The molecule has 0 saturated heterocycles. The maximum absolute atomic E-state index is 10.8. The van der Waals surface area contributed by atoms with Crippen molar-refractivity contribution in [2.24, 2.45) is 0 Å². The van der Waals surface area contributed by atoms with E-state index in [4.69, 9.17) is 5.11 Å². The van der Waals surface area contributed by atoms with E-state index in [1.165, 1.54) is 4.88 Å². The molecule has 1 heterocycles. The summed E-state index contributed by atoms with van der Waals surface area (Å²) < 4.78 is 0. The van der Waals surface area contributed by atoms with Crippen LogP contribution in [0.2, 0.25) is 0 Å². The number of thiophene rings is 1. The summed E-state index contributed by atoms with van der Waals surface area (Å²) in [6.45, 7) is 2.00. The van der Waals surface area contributed by atoms with Crippen LogP contribution in [0.25, 0.3) is 0 Å². The van der Waals surface area contributed by atoms with Crippen LogP contribution in [0.4, 0.5) is 0 Å². The first-order chi connectivity index (χ1) is 5.70. The normalized spacial score (nSPS) is 20.9. The second-order valence-electron chi connectivity index (χ2n) is 3.19. The Labute approximate surface area is 74.8 Å². The van der Waals surface area contributed by atoms with Gasteiger partial charge in [0.05, 0.1) is 5.92 Å². The Morgan fingerprint density at radius 2 is 2.50 bits per heavy atom. The van der Waals surface area contributed by atoms with Crippen LogP contribution in [0.5, 0.6) is 0 Å². The SMILES string of the molecule is Cc1csc2c1C(C(=O)O)CC2. The van der Waals surface area contributed by atoms with Crippen LogP contribution in [-0.4, -0.2) is 11.1 Å². The van der Waals surface area contributed by atoms with Crippen molar-refractivity contribution in [3.63, 3.8) is 0 Å². The van der Waals surface area contributed by atoms with Crippen LogP contribution in [0, 0.1) is 6.92 Å². The number of carboxylic acids is 1. The first-order valence-corrected chi connectivity index (χ1v) is 4.88. The molecule has 3 heteroatoms. The van der Waals surface area contributed by atoms with Gasteiger partial charge in [-0.15, -0.1) is 11.3 Å². The van der Waals surface area contributed by atoms with Crippen molar-refractivity contribution in [1.29, 1.82) is 0 Å². The lowest BCUT2D eigenvalue weighted by Crippen LogP contribution is -2.08. The minimum atomic E-state index is -0.671. The van der Waals surface area contributed by atoms with Crippen molar-refractivity contribution in [3.8, 4) is 0 Å². The second kappa shape index (κ2) is 2.59. The van der Waals surface area contributed by atoms with Gasteiger partial charge in [-0.1, -0.05) is 0 Å². The number of aliphatic carboxylic acids is 1. The molecule has 0 amide bonds. The van der Waals surface area contributed by atoms with Crippen molar-refractivity contribution in [3.05, 3.63) is 21.4 Å². The lowest BCUT2D eigenvalue weighted by Gasteiger charge is -2.03. The number of rotatable bonds is 1. The molecule has 1 atom stereocenters. The van der Waals surface area contributed by atoms with Gasteiger partial charge in [0.25, 0.3) is 0 Å². The Morgan fingerprint density at radius 3 is 3.17 bits per heavy atom. The van der Waals surface area contributed by atoms with E-state index < -0.39 is 5.97 Å². The van der Waals surface area contributed by atoms with E-state index in [2.05, 4.69) is 5.38 Å². The van der Waals surface area contributed by atoms with Gasteiger partial charge in [-0.3, -0.25) is 4.79 Å². The topological polar surface area (TPSA) is 37.3 Å². The molecule has 0 aliphatic heterocycles.